The lowest BCUT2D eigenvalue weighted by atomic mass is 10.1. The van der Waals surface area contributed by atoms with Gasteiger partial charge < -0.3 is 9.64 Å². The molecule has 0 N–H and O–H groups in total. The normalized spacial score (nSPS) is 14.6. The van der Waals surface area contributed by atoms with Crippen molar-refractivity contribution < 1.29 is 9.53 Å². The van der Waals surface area contributed by atoms with Crippen LogP contribution in [-0.4, -0.2) is 50.2 Å². The smallest absolute Gasteiger partial charge is 0.222 e. The average Bonchev–Trinajstić information content (AvgIpc) is 3.26. The van der Waals surface area contributed by atoms with Crippen LogP contribution in [0.25, 0.3) is 11.4 Å². The van der Waals surface area contributed by atoms with Gasteiger partial charge in [0.15, 0.2) is 0 Å². The van der Waals surface area contributed by atoms with Crippen LogP contribution in [0.2, 0.25) is 0 Å². The van der Waals surface area contributed by atoms with Crippen molar-refractivity contribution in [1.29, 1.82) is 0 Å². The fourth-order valence-corrected chi connectivity index (χ4v) is 3.95. The number of aromatic nitrogens is 4. The van der Waals surface area contributed by atoms with Gasteiger partial charge in [0.1, 0.15) is 11.9 Å². The molecule has 1 aromatic heterocycles. The number of rotatable bonds is 7. The molecule has 0 atom stereocenters. The number of hydrogen-bond acceptors (Lipinski definition) is 5. The maximum Gasteiger partial charge on any atom is 0.222 e. The second-order valence-electron chi connectivity index (χ2n) is 8.10. The number of hydrogen-bond donors (Lipinski definition) is 0. The molecule has 0 saturated carbocycles. The number of para-hydroxylation sites is 1. The number of ether oxygens (including phenoxy) is 1. The molecule has 31 heavy (non-hydrogen) atoms. The van der Waals surface area contributed by atoms with E-state index in [1.807, 2.05) is 35.2 Å². The van der Waals surface area contributed by atoms with Gasteiger partial charge in [-0.1, -0.05) is 48.5 Å². The molecule has 1 saturated heterocycles. The highest BCUT2D eigenvalue weighted by Crippen LogP contribution is 2.26. The topological polar surface area (TPSA) is 73.1 Å². The summed E-state index contributed by atoms with van der Waals surface area (Å²) in [6, 6.07) is 16.0. The van der Waals surface area contributed by atoms with Gasteiger partial charge in [0.25, 0.3) is 0 Å². The van der Waals surface area contributed by atoms with E-state index in [1.165, 1.54) is 0 Å². The number of likely N-dealkylation sites (tertiary alicyclic amines) is 1. The molecule has 7 nitrogen and oxygen atoms in total. The van der Waals surface area contributed by atoms with Gasteiger partial charge in [0.05, 0.1) is 6.54 Å². The SMILES string of the molecule is Cc1cccc(C)c1OC1CCN(C(=O)CCCn2nnc(-c3ccccc3)n2)CC1. The van der Waals surface area contributed by atoms with E-state index in [1.54, 1.807) is 4.80 Å². The molecule has 0 aliphatic carbocycles. The Morgan fingerprint density at radius 1 is 1.03 bits per heavy atom. The molecule has 1 aliphatic rings. The third-order valence-electron chi connectivity index (χ3n) is 5.72. The van der Waals surface area contributed by atoms with Crippen molar-refractivity contribution in [3.63, 3.8) is 0 Å². The lowest BCUT2D eigenvalue weighted by molar-refractivity contribution is -0.133. The second-order valence-corrected chi connectivity index (χ2v) is 8.10. The number of aryl methyl sites for hydroxylation is 3. The Morgan fingerprint density at radius 2 is 1.74 bits per heavy atom. The molecule has 2 heterocycles. The third kappa shape index (κ3) is 5.29. The van der Waals surface area contributed by atoms with Crippen molar-refractivity contribution in [2.45, 2.75) is 52.2 Å². The summed E-state index contributed by atoms with van der Waals surface area (Å²) in [5.74, 6) is 1.79. The monoisotopic (exact) mass is 419 g/mol. The van der Waals surface area contributed by atoms with E-state index < -0.39 is 0 Å². The number of carbonyl (C=O) groups excluding carboxylic acids is 1. The summed E-state index contributed by atoms with van der Waals surface area (Å²) in [6.07, 6.45) is 3.09. The van der Waals surface area contributed by atoms with Gasteiger partial charge in [0.2, 0.25) is 11.7 Å². The Balaban J connectivity index is 1.21. The Hall–Kier alpha value is -3.22. The van der Waals surface area contributed by atoms with Crippen molar-refractivity contribution in [1.82, 2.24) is 25.1 Å². The lowest BCUT2D eigenvalue weighted by Crippen LogP contribution is -2.41. The fraction of sp³-hybridized carbons (Fsp3) is 0.417. The molecule has 4 rings (SSSR count). The van der Waals surface area contributed by atoms with Crippen molar-refractivity contribution in [3.8, 4) is 17.1 Å². The molecule has 1 amide bonds. The van der Waals surface area contributed by atoms with Crippen LogP contribution in [0.4, 0.5) is 0 Å². The van der Waals surface area contributed by atoms with Crippen LogP contribution in [-0.2, 0) is 11.3 Å². The van der Waals surface area contributed by atoms with E-state index in [-0.39, 0.29) is 12.0 Å². The fourth-order valence-electron chi connectivity index (χ4n) is 3.95. The van der Waals surface area contributed by atoms with Gasteiger partial charge in [0, 0.05) is 37.9 Å². The van der Waals surface area contributed by atoms with Gasteiger partial charge in [-0.3, -0.25) is 4.79 Å². The molecular weight excluding hydrogens is 390 g/mol. The quantitative estimate of drug-likeness (QED) is 0.582. The minimum Gasteiger partial charge on any atom is -0.490 e. The van der Waals surface area contributed by atoms with Crippen molar-refractivity contribution in [3.05, 3.63) is 59.7 Å². The molecule has 162 valence electrons. The molecule has 0 radical (unpaired) electrons. The Bertz CT molecular complexity index is 990. The van der Waals surface area contributed by atoms with Crippen LogP contribution in [0, 0.1) is 13.8 Å². The predicted molar refractivity (Wildman–Crippen MR) is 119 cm³/mol. The first-order valence-electron chi connectivity index (χ1n) is 10.9. The Labute approximate surface area is 183 Å². The highest BCUT2D eigenvalue weighted by atomic mass is 16.5. The Morgan fingerprint density at radius 3 is 2.45 bits per heavy atom. The van der Waals surface area contributed by atoms with Crippen molar-refractivity contribution >= 4 is 5.91 Å². The van der Waals surface area contributed by atoms with Crippen LogP contribution >= 0.6 is 0 Å². The third-order valence-corrected chi connectivity index (χ3v) is 5.72. The van der Waals surface area contributed by atoms with E-state index >= 15 is 0 Å². The molecule has 0 spiro atoms. The second kappa shape index (κ2) is 9.73. The lowest BCUT2D eigenvalue weighted by Gasteiger charge is -2.33. The van der Waals surface area contributed by atoms with E-state index in [2.05, 4.69) is 47.5 Å². The first kappa shape index (κ1) is 21.0. The molecule has 3 aromatic rings. The van der Waals surface area contributed by atoms with Crippen molar-refractivity contribution in [2.24, 2.45) is 0 Å². The average molecular weight is 420 g/mol. The number of carbonyl (C=O) groups is 1. The van der Waals surface area contributed by atoms with Crippen LogP contribution in [0.15, 0.2) is 48.5 Å². The van der Waals surface area contributed by atoms with Crippen LogP contribution in [0.1, 0.15) is 36.8 Å². The summed E-state index contributed by atoms with van der Waals surface area (Å²) in [7, 11) is 0. The number of benzene rings is 2. The maximum absolute atomic E-state index is 12.6. The summed E-state index contributed by atoms with van der Waals surface area (Å²) in [5.41, 5.74) is 3.27. The van der Waals surface area contributed by atoms with E-state index in [4.69, 9.17) is 4.74 Å². The number of amides is 1. The highest BCUT2D eigenvalue weighted by molar-refractivity contribution is 5.76. The van der Waals surface area contributed by atoms with Gasteiger partial charge in [-0.2, -0.15) is 4.80 Å². The van der Waals surface area contributed by atoms with E-state index in [0.717, 1.165) is 48.4 Å². The molecule has 0 unspecified atom stereocenters. The number of tetrazole rings is 1. The molecule has 7 heteroatoms. The summed E-state index contributed by atoms with van der Waals surface area (Å²) in [5, 5.41) is 12.6. The van der Waals surface area contributed by atoms with E-state index in [9.17, 15) is 4.79 Å². The summed E-state index contributed by atoms with van der Waals surface area (Å²) >= 11 is 0. The van der Waals surface area contributed by atoms with Gasteiger partial charge >= 0.3 is 0 Å². The first-order valence-corrected chi connectivity index (χ1v) is 10.9. The molecule has 1 aliphatic heterocycles. The zero-order valence-electron chi connectivity index (χ0n) is 18.2. The minimum absolute atomic E-state index is 0.166. The minimum atomic E-state index is 0.166. The maximum atomic E-state index is 12.6. The standard InChI is InChI=1S/C24H29N5O2/c1-18-8-6-9-19(2)23(18)31-21-13-16-28(17-14-21)22(30)12-7-15-29-26-24(25-27-29)20-10-4-3-5-11-20/h3-6,8-11,21H,7,12-17H2,1-2H3. The van der Waals surface area contributed by atoms with Gasteiger partial charge in [-0.05, 0) is 36.6 Å². The van der Waals surface area contributed by atoms with Crippen LogP contribution < -0.4 is 4.74 Å². The van der Waals surface area contributed by atoms with E-state index in [0.29, 0.717) is 25.2 Å². The summed E-state index contributed by atoms with van der Waals surface area (Å²) < 4.78 is 6.26. The summed E-state index contributed by atoms with van der Waals surface area (Å²) in [4.78, 5) is 16.1. The van der Waals surface area contributed by atoms with Crippen LogP contribution in [0.5, 0.6) is 5.75 Å². The highest BCUT2D eigenvalue weighted by Gasteiger charge is 2.24. The largest absolute Gasteiger partial charge is 0.490 e. The van der Waals surface area contributed by atoms with Crippen LogP contribution in [0.3, 0.4) is 0 Å². The van der Waals surface area contributed by atoms with Crippen molar-refractivity contribution in [2.75, 3.05) is 13.1 Å². The molecule has 0 bridgehead atoms. The molecular formula is C24H29N5O2. The Kier molecular flexibility index (Phi) is 6.60. The summed E-state index contributed by atoms with van der Waals surface area (Å²) in [6.45, 7) is 6.22. The zero-order valence-corrected chi connectivity index (χ0v) is 18.2. The number of piperidine rings is 1. The van der Waals surface area contributed by atoms with Gasteiger partial charge in [-0.15, -0.1) is 10.2 Å². The predicted octanol–water partition coefficient (Wildman–Crippen LogP) is 3.81. The zero-order chi connectivity index (χ0) is 21.6. The number of nitrogens with zero attached hydrogens (tertiary/aromatic N) is 5. The van der Waals surface area contributed by atoms with Gasteiger partial charge in [-0.25, -0.2) is 0 Å². The first-order chi connectivity index (χ1) is 15.1. The molecule has 2 aromatic carbocycles. The molecule has 1 fully saturated rings.